The van der Waals surface area contributed by atoms with E-state index in [0.29, 0.717) is 12.0 Å². The van der Waals surface area contributed by atoms with E-state index in [2.05, 4.69) is 22.7 Å². The highest BCUT2D eigenvalue weighted by Crippen LogP contribution is 2.23. The number of carbonyl (C=O) groups excluding carboxylic acids is 2. The molecule has 2 amide bonds. The Labute approximate surface area is 144 Å². The normalized spacial score (nSPS) is 20.3. The van der Waals surface area contributed by atoms with Crippen molar-refractivity contribution in [3.05, 3.63) is 29.8 Å². The highest BCUT2D eigenvalue weighted by atomic mass is 19.1. The van der Waals surface area contributed by atoms with Gasteiger partial charge in [-0.3, -0.25) is 9.59 Å². The molecule has 0 saturated heterocycles. The second-order valence-electron chi connectivity index (χ2n) is 6.15. The maximum Gasteiger partial charge on any atom is 0.270 e. The summed E-state index contributed by atoms with van der Waals surface area (Å²) in [6, 6.07) is 2.92. The van der Waals surface area contributed by atoms with Gasteiger partial charge < -0.3 is 15.5 Å². The molecule has 1 aromatic rings. The predicted molar refractivity (Wildman–Crippen MR) is 89.0 cm³/mol. The maximum absolute atomic E-state index is 13.4. The molecule has 8 heteroatoms. The van der Waals surface area contributed by atoms with Crippen molar-refractivity contribution in [2.75, 3.05) is 11.9 Å². The smallest absolute Gasteiger partial charge is 0.270 e. The van der Waals surface area contributed by atoms with Crippen LogP contribution in [0, 0.1) is 17.6 Å². The number of nitrogens with zero attached hydrogens (tertiary/aromatic N) is 1. The predicted octanol–water partition coefficient (Wildman–Crippen LogP) is 2.60. The number of carbonyl (C=O) groups is 2. The Morgan fingerprint density at radius 3 is 2.68 bits per heavy atom. The van der Waals surface area contributed by atoms with E-state index in [-0.39, 0.29) is 24.2 Å². The van der Waals surface area contributed by atoms with Crippen LogP contribution >= 0.6 is 0 Å². The second kappa shape index (κ2) is 9.10. The first-order valence-electron chi connectivity index (χ1n) is 8.14. The van der Waals surface area contributed by atoms with Gasteiger partial charge in [-0.1, -0.05) is 12.1 Å². The molecule has 1 fully saturated rings. The minimum absolute atomic E-state index is 0.154. The maximum atomic E-state index is 13.4. The van der Waals surface area contributed by atoms with E-state index in [0.717, 1.165) is 44.0 Å². The Bertz CT molecular complexity index is 644. The minimum Gasteiger partial charge on any atom is -0.386 e. The molecule has 0 atom stereocenters. The van der Waals surface area contributed by atoms with Crippen LogP contribution in [0.25, 0.3) is 0 Å². The van der Waals surface area contributed by atoms with Crippen LogP contribution in [0.2, 0.25) is 0 Å². The number of halogens is 2. The van der Waals surface area contributed by atoms with Gasteiger partial charge >= 0.3 is 0 Å². The summed E-state index contributed by atoms with van der Waals surface area (Å²) in [7, 11) is 0. The van der Waals surface area contributed by atoms with Crippen LogP contribution in [0.5, 0.6) is 0 Å². The van der Waals surface area contributed by atoms with Crippen LogP contribution in [-0.4, -0.2) is 30.7 Å². The topological polar surface area (TPSA) is 79.8 Å². The Balaban J connectivity index is 1.68. The van der Waals surface area contributed by atoms with Crippen molar-refractivity contribution in [1.82, 2.24) is 5.32 Å². The van der Waals surface area contributed by atoms with Crippen LogP contribution in [0.15, 0.2) is 23.4 Å². The number of nitrogens with one attached hydrogen (secondary N) is 2. The van der Waals surface area contributed by atoms with Gasteiger partial charge in [0.2, 0.25) is 0 Å². The molecule has 0 spiro atoms. The van der Waals surface area contributed by atoms with Crippen molar-refractivity contribution in [2.24, 2.45) is 11.1 Å². The third kappa shape index (κ3) is 6.48. The molecule has 136 valence electrons. The van der Waals surface area contributed by atoms with Gasteiger partial charge in [0.15, 0.2) is 6.61 Å². The lowest BCUT2D eigenvalue weighted by molar-refractivity contribution is -0.126. The van der Waals surface area contributed by atoms with E-state index >= 15 is 0 Å². The number of hydrogen-bond donors (Lipinski definition) is 2. The lowest BCUT2D eigenvalue weighted by Crippen LogP contribution is -2.39. The summed E-state index contributed by atoms with van der Waals surface area (Å²) in [6.07, 6.45) is 4.84. The van der Waals surface area contributed by atoms with Gasteiger partial charge in [-0.05, 0) is 43.7 Å². The SMILES string of the molecule is CC1CCC(NC(=O)CON=CC(=O)Nc2ccc(F)cc2F)CC1. The van der Waals surface area contributed by atoms with Gasteiger partial charge in [0, 0.05) is 12.1 Å². The molecular weight excluding hydrogens is 332 g/mol. The van der Waals surface area contributed by atoms with Crippen LogP contribution in [-0.2, 0) is 14.4 Å². The Kier molecular flexibility index (Phi) is 6.85. The molecule has 2 N–H and O–H groups in total. The lowest BCUT2D eigenvalue weighted by atomic mass is 9.87. The third-order valence-electron chi connectivity index (χ3n) is 4.01. The first kappa shape index (κ1) is 18.8. The summed E-state index contributed by atoms with van der Waals surface area (Å²) in [5, 5.41) is 8.41. The zero-order valence-corrected chi connectivity index (χ0v) is 13.9. The molecule has 0 aromatic heterocycles. The molecule has 0 aliphatic heterocycles. The van der Waals surface area contributed by atoms with Crippen LogP contribution in [0.3, 0.4) is 0 Å². The van der Waals surface area contributed by atoms with Gasteiger partial charge in [-0.15, -0.1) is 0 Å². The van der Waals surface area contributed by atoms with E-state index in [4.69, 9.17) is 4.84 Å². The fraction of sp³-hybridized carbons (Fsp3) is 0.471. The van der Waals surface area contributed by atoms with Crippen molar-refractivity contribution < 1.29 is 23.2 Å². The fourth-order valence-corrected chi connectivity index (χ4v) is 2.61. The molecule has 0 bridgehead atoms. The molecule has 0 heterocycles. The van der Waals surface area contributed by atoms with E-state index in [1.807, 2.05) is 0 Å². The highest BCUT2D eigenvalue weighted by molar-refractivity contribution is 6.31. The van der Waals surface area contributed by atoms with E-state index in [1.165, 1.54) is 0 Å². The molecule has 1 aromatic carbocycles. The van der Waals surface area contributed by atoms with Gasteiger partial charge in [-0.25, -0.2) is 8.78 Å². The van der Waals surface area contributed by atoms with Crippen molar-refractivity contribution in [1.29, 1.82) is 0 Å². The van der Waals surface area contributed by atoms with Gasteiger partial charge in [0.1, 0.15) is 17.8 Å². The minimum atomic E-state index is -0.899. The highest BCUT2D eigenvalue weighted by Gasteiger charge is 2.19. The Morgan fingerprint density at radius 2 is 2.00 bits per heavy atom. The Hall–Kier alpha value is -2.51. The van der Waals surface area contributed by atoms with Crippen LogP contribution < -0.4 is 10.6 Å². The molecular formula is C17H21F2N3O3. The third-order valence-corrected chi connectivity index (χ3v) is 4.01. The van der Waals surface area contributed by atoms with Crippen molar-refractivity contribution >= 4 is 23.7 Å². The number of oxime groups is 1. The number of rotatable bonds is 6. The van der Waals surface area contributed by atoms with E-state index < -0.39 is 17.5 Å². The van der Waals surface area contributed by atoms with E-state index in [9.17, 15) is 18.4 Å². The molecule has 6 nitrogen and oxygen atoms in total. The number of benzene rings is 1. The summed E-state index contributed by atoms with van der Waals surface area (Å²) >= 11 is 0. The molecule has 2 rings (SSSR count). The summed E-state index contributed by atoms with van der Waals surface area (Å²) in [5.41, 5.74) is -0.179. The quantitative estimate of drug-likeness (QED) is 0.609. The first-order valence-corrected chi connectivity index (χ1v) is 8.14. The zero-order valence-electron chi connectivity index (χ0n) is 13.9. The number of amides is 2. The zero-order chi connectivity index (χ0) is 18.2. The van der Waals surface area contributed by atoms with Crippen LogP contribution in [0.1, 0.15) is 32.6 Å². The van der Waals surface area contributed by atoms with Gasteiger partial charge in [0.25, 0.3) is 11.8 Å². The Morgan fingerprint density at radius 1 is 1.28 bits per heavy atom. The molecule has 1 aliphatic rings. The first-order chi connectivity index (χ1) is 11.9. The van der Waals surface area contributed by atoms with Gasteiger partial charge in [-0.2, -0.15) is 0 Å². The monoisotopic (exact) mass is 353 g/mol. The second-order valence-corrected chi connectivity index (χ2v) is 6.15. The summed E-state index contributed by atoms with van der Waals surface area (Å²) in [4.78, 5) is 28.0. The molecule has 0 unspecified atom stereocenters. The fourth-order valence-electron chi connectivity index (χ4n) is 2.61. The molecule has 0 radical (unpaired) electrons. The lowest BCUT2D eigenvalue weighted by Gasteiger charge is -2.26. The molecule has 1 saturated carbocycles. The number of hydrogen-bond acceptors (Lipinski definition) is 4. The average Bonchev–Trinajstić information content (AvgIpc) is 2.56. The summed E-state index contributed by atoms with van der Waals surface area (Å²) < 4.78 is 26.1. The van der Waals surface area contributed by atoms with Crippen molar-refractivity contribution in [3.8, 4) is 0 Å². The van der Waals surface area contributed by atoms with Gasteiger partial charge in [0.05, 0.1) is 5.69 Å². The van der Waals surface area contributed by atoms with E-state index in [1.54, 1.807) is 0 Å². The standard InChI is InChI=1S/C17H21F2N3O3/c1-11-2-5-13(6-3-11)21-17(24)10-25-20-9-16(23)22-15-7-4-12(18)8-14(15)19/h4,7-9,11,13H,2-3,5-6,10H2,1H3,(H,21,24)(H,22,23). The summed E-state index contributed by atoms with van der Waals surface area (Å²) in [6.45, 7) is 1.89. The van der Waals surface area contributed by atoms with Crippen molar-refractivity contribution in [2.45, 2.75) is 38.6 Å². The molecule has 1 aliphatic carbocycles. The number of anilines is 1. The largest absolute Gasteiger partial charge is 0.386 e. The molecule has 25 heavy (non-hydrogen) atoms. The average molecular weight is 353 g/mol. The summed E-state index contributed by atoms with van der Waals surface area (Å²) in [5.74, 6) is -2.01. The van der Waals surface area contributed by atoms with Crippen molar-refractivity contribution in [3.63, 3.8) is 0 Å². The van der Waals surface area contributed by atoms with Crippen LogP contribution in [0.4, 0.5) is 14.5 Å².